The van der Waals surface area contributed by atoms with Crippen LogP contribution >= 0.6 is 23.2 Å². The number of ether oxygens (including phenoxy) is 1. The van der Waals surface area contributed by atoms with Crippen LogP contribution in [0.4, 0.5) is 0 Å². The van der Waals surface area contributed by atoms with Crippen LogP contribution in [0.2, 0.25) is 10.0 Å². The van der Waals surface area contributed by atoms with Crippen molar-refractivity contribution in [1.82, 2.24) is 10.3 Å². The van der Waals surface area contributed by atoms with Crippen molar-refractivity contribution in [3.63, 3.8) is 0 Å². The number of nitrogens with one attached hydrogen (secondary N) is 1. The van der Waals surface area contributed by atoms with Crippen LogP contribution in [0.25, 0.3) is 0 Å². The predicted molar refractivity (Wildman–Crippen MR) is 91.5 cm³/mol. The van der Waals surface area contributed by atoms with Gasteiger partial charge in [-0.2, -0.15) is 0 Å². The van der Waals surface area contributed by atoms with Gasteiger partial charge < -0.3 is 15.8 Å². The Bertz CT molecular complexity index is 753. The molecule has 1 aromatic heterocycles. The fraction of sp³-hybridized carbons (Fsp3) is 0.188. The summed E-state index contributed by atoms with van der Waals surface area (Å²) in [6, 6.07) is 9.64. The third-order valence-electron chi connectivity index (χ3n) is 2.96. The zero-order valence-electron chi connectivity index (χ0n) is 12.6. The Labute approximate surface area is 148 Å². The Morgan fingerprint density at radius 2 is 1.96 bits per heavy atom. The molecule has 0 atom stereocenters. The lowest BCUT2D eigenvalue weighted by atomic mass is 10.3. The fourth-order valence-corrected chi connectivity index (χ4v) is 2.10. The quantitative estimate of drug-likeness (QED) is 0.734. The largest absolute Gasteiger partial charge is 0.439 e. The molecule has 0 aliphatic rings. The van der Waals surface area contributed by atoms with E-state index in [-0.39, 0.29) is 23.9 Å². The molecule has 2 aromatic rings. The second-order valence-corrected chi connectivity index (χ2v) is 5.68. The van der Waals surface area contributed by atoms with Crippen molar-refractivity contribution >= 4 is 35.0 Å². The number of pyridine rings is 1. The van der Waals surface area contributed by atoms with Gasteiger partial charge in [0.2, 0.25) is 11.8 Å². The number of nitrogens with zero attached hydrogens (tertiary/aromatic N) is 1. The number of carbonyl (C=O) groups excluding carboxylic acids is 2. The maximum atomic E-state index is 12.0. The number of hydrogen-bond acceptors (Lipinski definition) is 4. The number of carbonyl (C=O) groups is 2. The summed E-state index contributed by atoms with van der Waals surface area (Å²) in [6.07, 6.45) is 0.689. The first-order valence-corrected chi connectivity index (χ1v) is 7.88. The van der Waals surface area contributed by atoms with Gasteiger partial charge in [-0.3, -0.25) is 9.59 Å². The number of aromatic nitrogens is 1. The van der Waals surface area contributed by atoms with Gasteiger partial charge in [-0.15, -0.1) is 0 Å². The van der Waals surface area contributed by atoms with Crippen molar-refractivity contribution in [3.8, 4) is 11.6 Å². The smallest absolute Gasteiger partial charge is 0.270 e. The summed E-state index contributed by atoms with van der Waals surface area (Å²) in [5.41, 5.74) is 5.24. The monoisotopic (exact) mass is 367 g/mol. The molecule has 2 amide bonds. The van der Waals surface area contributed by atoms with E-state index in [2.05, 4.69) is 10.3 Å². The lowest BCUT2D eigenvalue weighted by molar-refractivity contribution is -0.118. The number of hydrogen-bond donors (Lipinski definition) is 2. The van der Waals surface area contributed by atoms with Crippen LogP contribution in [0, 0.1) is 0 Å². The highest BCUT2D eigenvalue weighted by Crippen LogP contribution is 2.28. The Balaban J connectivity index is 1.98. The van der Waals surface area contributed by atoms with E-state index in [0.717, 1.165) is 0 Å². The molecule has 0 saturated carbocycles. The summed E-state index contributed by atoms with van der Waals surface area (Å²) in [7, 11) is 0. The number of halogens is 2. The third-order valence-corrected chi connectivity index (χ3v) is 3.69. The molecule has 3 N–H and O–H groups in total. The molecular formula is C16H15Cl2N3O3. The molecular weight excluding hydrogens is 353 g/mol. The molecule has 0 aliphatic carbocycles. The predicted octanol–water partition coefficient (Wildman–Crippen LogP) is 3.18. The second-order valence-electron chi connectivity index (χ2n) is 4.86. The van der Waals surface area contributed by atoms with E-state index in [1.54, 1.807) is 36.4 Å². The highest BCUT2D eigenvalue weighted by molar-refractivity contribution is 6.42. The molecule has 0 bridgehead atoms. The van der Waals surface area contributed by atoms with Gasteiger partial charge >= 0.3 is 0 Å². The first-order chi connectivity index (χ1) is 11.5. The summed E-state index contributed by atoms with van der Waals surface area (Å²) in [4.78, 5) is 26.8. The molecule has 1 aromatic carbocycles. The van der Waals surface area contributed by atoms with Crippen LogP contribution in [0.5, 0.6) is 11.6 Å². The van der Waals surface area contributed by atoms with Crippen molar-refractivity contribution in [2.24, 2.45) is 5.73 Å². The zero-order valence-corrected chi connectivity index (χ0v) is 14.1. The molecule has 6 nitrogen and oxygen atoms in total. The van der Waals surface area contributed by atoms with Crippen LogP contribution in [0.15, 0.2) is 36.4 Å². The summed E-state index contributed by atoms with van der Waals surface area (Å²) < 4.78 is 5.57. The normalized spacial score (nSPS) is 10.2. The Morgan fingerprint density at radius 3 is 2.67 bits per heavy atom. The van der Waals surface area contributed by atoms with E-state index < -0.39 is 5.91 Å². The summed E-state index contributed by atoms with van der Waals surface area (Å²) >= 11 is 11.8. The van der Waals surface area contributed by atoms with Gasteiger partial charge in [-0.25, -0.2) is 4.98 Å². The van der Waals surface area contributed by atoms with Gasteiger partial charge in [0, 0.05) is 25.1 Å². The van der Waals surface area contributed by atoms with E-state index in [9.17, 15) is 9.59 Å². The van der Waals surface area contributed by atoms with Gasteiger partial charge in [0.25, 0.3) is 5.91 Å². The molecule has 24 heavy (non-hydrogen) atoms. The minimum atomic E-state index is -0.403. The van der Waals surface area contributed by atoms with Crippen molar-refractivity contribution in [3.05, 3.63) is 52.1 Å². The lowest BCUT2D eigenvalue weighted by Crippen LogP contribution is -2.26. The van der Waals surface area contributed by atoms with Crippen LogP contribution in [0.1, 0.15) is 23.3 Å². The summed E-state index contributed by atoms with van der Waals surface area (Å²) in [6.45, 7) is 0.335. The number of amides is 2. The van der Waals surface area contributed by atoms with Crippen molar-refractivity contribution in [2.75, 3.05) is 6.54 Å². The first kappa shape index (κ1) is 18.0. The summed E-state index contributed by atoms with van der Waals surface area (Å²) in [5, 5.41) is 3.44. The van der Waals surface area contributed by atoms with E-state index >= 15 is 0 Å². The van der Waals surface area contributed by atoms with Crippen LogP contribution < -0.4 is 15.8 Å². The molecule has 0 spiro atoms. The minimum absolute atomic E-state index is 0.201. The van der Waals surface area contributed by atoms with Crippen molar-refractivity contribution < 1.29 is 14.3 Å². The average Bonchev–Trinajstić information content (AvgIpc) is 2.55. The summed E-state index contributed by atoms with van der Waals surface area (Å²) in [5.74, 6) is -0.0625. The second kappa shape index (κ2) is 8.52. The third kappa shape index (κ3) is 5.40. The van der Waals surface area contributed by atoms with E-state index in [1.165, 1.54) is 0 Å². The van der Waals surface area contributed by atoms with Gasteiger partial charge in [-0.05, 0) is 24.6 Å². The molecule has 0 unspecified atom stereocenters. The molecule has 126 valence electrons. The Kier molecular flexibility index (Phi) is 6.40. The van der Waals surface area contributed by atoms with Gasteiger partial charge in [0.15, 0.2) is 0 Å². The molecule has 0 aliphatic heterocycles. The first-order valence-electron chi connectivity index (χ1n) is 7.12. The fourth-order valence-electron chi connectivity index (χ4n) is 1.81. The number of nitrogens with two attached hydrogens (primary N) is 1. The van der Waals surface area contributed by atoms with Crippen LogP contribution in [-0.4, -0.2) is 23.3 Å². The van der Waals surface area contributed by atoms with E-state index in [0.29, 0.717) is 28.8 Å². The highest BCUT2D eigenvalue weighted by atomic mass is 35.5. The molecule has 1 heterocycles. The molecule has 0 fully saturated rings. The molecule has 2 rings (SSSR count). The number of benzene rings is 1. The number of rotatable bonds is 7. The highest BCUT2D eigenvalue weighted by Gasteiger charge is 2.09. The van der Waals surface area contributed by atoms with Crippen molar-refractivity contribution in [2.45, 2.75) is 12.8 Å². The van der Waals surface area contributed by atoms with Gasteiger partial charge in [0.05, 0.1) is 10.0 Å². The van der Waals surface area contributed by atoms with E-state index in [4.69, 9.17) is 33.7 Å². The topological polar surface area (TPSA) is 94.3 Å². The lowest BCUT2D eigenvalue weighted by Gasteiger charge is -2.08. The van der Waals surface area contributed by atoms with E-state index in [1.807, 2.05) is 0 Å². The maximum Gasteiger partial charge on any atom is 0.270 e. The maximum absolute atomic E-state index is 12.0. The molecule has 0 radical (unpaired) electrons. The number of primary amides is 1. The Hall–Kier alpha value is -2.31. The molecule has 8 heteroatoms. The van der Waals surface area contributed by atoms with Crippen molar-refractivity contribution in [1.29, 1.82) is 0 Å². The standard InChI is InChI=1S/C16H15Cl2N3O3/c17-11-7-6-10(9-12(11)18)24-15-5-1-3-13(21-15)16(23)20-8-2-4-14(19)22/h1,3,5-7,9H,2,4,8H2,(H2,19,22)(H,20,23). The molecule has 0 saturated heterocycles. The Morgan fingerprint density at radius 1 is 1.17 bits per heavy atom. The van der Waals surface area contributed by atoms with Crippen LogP contribution in [-0.2, 0) is 4.79 Å². The minimum Gasteiger partial charge on any atom is -0.439 e. The van der Waals surface area contributed by atoms with Gasteiger partial charge in [-0.1, -0.05) is 29.3 Å². The van der Waals surface area contributed by atoms with Crippen LogP contribution in [0.3, 0.4) is 0 Å². The van der Waals surface area contributed by atoms with Gasteiger partial charge in [0.1, 0.15) is 11.4 Å². The zero-order chi connectivity index (χ0) is 17.5. The SMILES string of the molecule is NC(=O)CCCNC(=O)c1cccc(Oc2ccc(Cl)c(Cl)c2)n1. The average molecular weight is 368 g/mol.